The molecule has 8 nitrogen and oxygen atoms in total. The standard InChI is InChI=1S/C19H30N4O4/c1-26-10-8-22-6-4-15(5-7-22)12-23(13-16-3-2-9-27-16)19(25)17-11-20-14-21-18(17)24/h11,14-16H,2-10,12-13H2,1H3,(H,20,21,24)/t16-/m1/s1. The first kappa shape index (κ1) is 20.0. The fourth-order valence-corrected chi connectivity index (χ4v) is 3.87. The van der Waals surface area contributed by atoms with Gasteiger partial charge in [-0.25, -0.2) is 4.98 Å². The molecule has 1 N–H and O–H groups in total. The van der Waals surface area contributed by atoms with Crippen molar-refractivity contribution in [2.24, 2.45) is 5.92 Å². The van der Waals surface area contributed by atoms with Gasteiger partial charge >= 0.3 is 0 Å². The van der Waals surface area contributed by atoms with Crippen LogP contribution in [0, 0.1) is 5.92 Å². The number of aromatic nitrogens is 2. The molecule has 0 spiro atoms. The second-order valence-electron chi connectivity index (χ2n) is 7.42. The van der Waals surface area contributed by atoms with Gasteiger partial charge < -0.3 is 24.3 Å². The Morgan fingerprint density at radius 1 is 1.37 bits per heavy atom. The van der Waals surface area contributed by atoms with Gasteiger partial charge in [0.15, 0.2) is 0 Å². The quantitative estimate of drug-likeness (QED) is 0.718. The smallest absolute Gasteiger partial charge is 0.263 e. The van der Waals surface area contributed by atoms with Gasteiger partial charge in [-0.05, 0) is 44.7 Å². The lowest BCUT2D eigenvalue weighted by atomic mass is 9.95. The van der Waals surface area contributed by atoms with Gasteiger partial charge in [-0.3, -0.25) is 9.59 Å². The van der Waals surface area contributed by atoms with Crippen molar-refractivity contribution in [3.63, 3.8) is 0 Å². The van der Waals surface area contributed by atoms with E-state index in [0.29, 0.717) is 19.0 Å². The number of hydrogen-bond acceptors (Lipinski definition) is 6. The summed E-state index contributed by atoms with van der Waals surface area (Å²) in [5.74, 6) is 0.187. The molecule has 0 bridgehead atoms. The van der Waals surface area contributed by atoms with Gasteiger partial charge in [-0.2, -0.15) is 0 Å². The molecule has 1 aromatic heterocycles. The lowest BCUT2D eigenvalue weighted by molar-refractivity contribution is 0.0435. The number of H-pyrrole nitrogens is 1. The Balaban J connectivity index is 1.63. The Labute approximate surface area is 159 Å². The third-order valence-electron chi connectivity index (χ3n) is 5.48. The summed E-state index contributed by atoms with van der Waals surface area (Å²) in [7, 11) is 1.72. The molecule has 3 heterocycles. The van der Waals surface area contributed by atoms with Crippen molar-refractivity contribution in [3.8, 4) is 0 Å². The molecule has 0 aliphatic carbocycles. The Kier molecular flexibility index (Phi) is 7.37. The van der Waals surface area contributed by atoms with Crippen molar-refractivity contribution in [1.82, 2.24) is 19.8 Å². The largest absolute Gasteiger partial charge is 0.383 e. The molecule has 8 heteroatoms. The number of nitrogens with zero attached hydrogens (tertiary/aromatic N) is 3. The van der Waals surface area contributed by atoms with Crippen LogP contribution in [-0.2, 0) is 9.47 Å². The van der Waals surface area contributed by atoms with Gasteiger partial charge in [0, 0.05) is 39.5 Å². The molecule has 150 valence electrons. The summed E-state index contributed by atoms with van der Waals surface area (Å²) in [5.41, 5.74) is -0.283. The lowest BCUT2D eigenvalue weighted by Gasteiger charge is -2.35. The summed E-state index contributed by atoms with van der Waals surface area (Å²) >= 11 is 0. The van der Waals surface area contributed by atoms with Gasteiger partial charge in [0.05, 0.1) is 19.0 Å². The molecule has 2 aliphatic heterocycles. The van der Waals surface area contributed by atoms with Crippen LogP contribution in [0.3, 0.4) is 0 Å². The van der Waals surface area contributed by atoms with E-state index in [0.717, 1.165) is 58.5 Å². The minimum atomic E-state index is -0.387. The molecular formula is C19H30N4O4. The van der Waals surface area contributed by atoms with Crippen molar-refractivity contribution in [1.29, 1.82) is 0 Å². The summed E-state index contributed by atoms with van der Waals surface area (Å²) in [5, 5.41) is 0. The number of piperidine rings is 1. The number of likely N-dealkylation sites (tertiary alicyclic amines) is 1. The number of amides is 1. The van der Waals surface area contributed by atoms with Crippen molar-refractivity contribution >= 4 is 5.91 Å². The first-order valence-electron chi connectivity index (χ1n) is 9.82. The van der Waals surface area contributed by atoms with Gasteiger partial charge in [0.1, 0.15) is 5.56 Å². The minimum Gasteiger partial charge on any atom is -0.383 e. The summed E-state index contributed by atoms with van der Waals surface area (Å²) in [4.78, 5) is 35.7. The van der Waals surface area contributed by atoms with Crippen LogP contribution in [0.2, 0.25) is 0 Å². The molecule has 1 amide bonds. The number of ether oxygens (including phenoxy) is 2. The molecule has 1 aromatic rings. The zero-order valence-corrected chi connectivity index (χ0v) is 16.1. The fourth-order valence-electron chi connectivity index (χ4n) is 3.87. The summed E-state index contributed by atoms with van der Waals surface area (Å²) in [6, 6.07) is 0. The van der Waals surface area contributed by atoms with E-state index in [-0.39, 0.29) is 23.1 Å². The number of carbonyl (C=O) groups is 1. The zero-order valence-electron chi connectivity index (χ0n) is 16.1. The van der Waals surface area contributed by atoms with E-state index in [1.54, 1.807) is 12.0 Å². The van der Waals surface area contributed by atoms with E-state index in [9.17, 15) is 9.59 Å². The fraction of sp³-hybridized carbons (Fsp3) is 0.737. The van der Waals surface area contributed by atoms with Crippen molar-refractivity contribution < 1.29 is 14.3 Å². The van der Waals surface area contributed by atoms with Crippen LogP contribution in [0.4, 0.5) is 0 Å². The van der Waals surface area contributed by atoms with E-state index in [1.807, 2.05) is 0 Å². The summed E-state index contributed by atoms with van der Waals surface area (Å²) in [6.45, 7) is 5.68. The van der Waals surface area contributed by atoms with E-state index in [4.69, 9.17) is 9.47 Å². The molecule has 0 radical (unpaired) electrons. The molecule has 2 aliphatic rings. The average Bonchev–Trinajstić information content (AvgIpc) is 3.20. The Morgan fingerprint density at radius 3 is 2.85 bits per heavy atom. The third-order valence-corrected chi connectivity index (χ3v) is 5.48. The predicted octanol–water partition coefficient (Wildman–Crippen LogP) is 0.750. The van der Waals surface area contributed by atoms with Crippen molar-refractivity contribution in [2.45, 2.75) is 31.8 Å². The van der Waals surface area contributed by atoms with Gasteiger partial charge in [-0.15, -0.1) is 0 Å². The zero-order chi connectivity index (χ0) is 19.1. The van der Waals surface area contributed by atoms with Crippen LogP contribution in [-0.4, -0.2) is 84.8 Å². The Morgan fingerprint density at radius 2 is 2.19 bits per heavy atom. The normalized spacial score (nSPS) is 21.4. The molecule has 2 saturated heterocycles. The van der Waals surface area contributed by atoms with Crippen molar-refractivity contribution in [3.05, 3.63) is 28.4 Å². The maximum Gasteiger partial charge on any atom is 0.263 e. The highest BCUT2D eigenvalue weighted by Gasteiger charge is 2.28. The first-order valence-corrected chi connectivity index (χ1v) is 9.82. The van der Waals surface area contributed by atoms with Gasteiger partial charge in [0.25, 0.3) is 11.5 Å². The van der Waals surface area contributed by atoms with E-state index in [1.165, 1.54) is 12.5 Å². The molecular weight excluding hydrogens is 348 g/mol. The maximum absolute atomic E-state index is 13.0. The topological polar surface area (TPSA) is 87.8 Å². The number of aromatic amines is 1. The second-order valence-corrected chi connectivity index (χ2v) is 7.42. The molecule has 3 rings (SSSR count). The van der Waals surface area contributed by atoms with Crippen LogP contribution < -0.4 is 5.56 Å². The first-order chi connectivity index (χ1) is 13.2. The van der Waals surface area contributed by atoms with E-state index >= 15 is 0 Å². The monoisotopic (exact) mass is 378 g/mol. The van der Waals surface area contributed by atoms with Crippen LogP contribution in [0.1, 0.15) is 36.0 Å². The van der Waals surface area contributed by atoms with E-state index in [2.05, 4.69) is 14.9 Å². The van der Waals surface area contributed by atoms with E-state index < -0.39 is 0 Å². The Bertz CT molecular complexity index is 651. The number of hydrogen-bond donors (Lipinski definition) is 1. The number of nitrogens with one attached hydrogen (secondary N) is 1. The number of carbonyl (C=O) groups excluding carboxylic acids is 1. The lowest BCUT2D eigenvalue weighted by Crippen LogP contribution is -2.45. The molecule has 0 unspecified atom stereocenters. The van der Waals surface area contributed by atoms with Gasteiger partial charge in [-0.1, -0.05) is 0 Å². The molecule has 1 atom stereocenters. The SMILES string of the molecule is COCCN1CCC(CN(C[C@H]2CCCO2)C(=O)c2cnc[nH]c2=O)CC1. The van der Waals surface area contributed by atoms with Gasteiger partial charge in [0.2, 0.25) is 0 Å². The maximum atomic E-state index is 13.0. The van der Waals surface area contributed by atoms with Crippen LogP contribution in [0.15, 0.2) is 17.3 Å². The predicted molar refractivity (Wildman–Crippen MR) is 101 cm³/mol. The van der Waals surface area contributed by atoms with Crippen molar-refractivity contribution in [2.75, 3.05) is 53.0 Å². The molecule has 27 heavy (non-hydrogen) atoms. The summed E-state index contributed by atoms with van der Waals surface area (Å²) < 4.78 is 10.9. The summed E-state index contributed by atoms with van der Waals surface area (Å²) in [6.07, 6.45) is 6.80. The highest BCUT2D eigenvalue weighted by molar-refractivity contribution is 5.93. The van der Waals surface area contributed by atoms with Crippen LogP contribution >= 0.6 is 0 Å². The highest BCUT2D eigenvalue weighted by atomic mass is 16.5. The number of methoxy groups -OCH3 is 1. The average molecular weight is 378 g/mol. The minimum absolute atomic E-state index is 0.0616. The van der Waals surface area contributed by atoms with Crippen LogP contribution in [0.25, 0.3) is 0 Å². The molecule has 0 aromatic carbocycles. The second kappa shape index (κ2) is 9.96. The highest BCUT2D eigenvalue weighted by Crippen LogP contribution is 2.21. The Hall–Kier alpha value is -1.77. The third kappa shape index (κ3) is 5.60. The van der Waals surface area contributed by atoms with Crippen LogP contribution in [0.5, 0.6) is 0 Å². The number of rotatable bonds is 8. The molecule has 0 saturated carbocycles. The molecule has 2 fully saturated rings.